The van der Waals surface area contributed by atoms with Crippen LogP contribution in [0, 0.1) is 0 Å². The van der Waals surface area contributed by atoms with Crippen molar-refractivity contribution in [2.75, 3.05) is 0 Å². The number of nitrogens with zero attached hydrogens (tertiary/aromatic N) is 5. The maximum absolute atomic E-state index is 12.1. The fourth-order valence-corrected chi connectivity index (χ4v) is 2.73. The number of aromatic nitrogens is 5. The molecular weight excluding hydrogens is 284 g/mol. The van der Waals surface area contributed by atoms with Crippen LogP contribution in [-0.2, 0) is 20.2 Å². The molecule has 0 radical (unpaired) electrons. The summed E-state index contributed by atoms with van der Waals surface area (Å²) in [7, 11) is 1.85. The van der Waals surface area contributed by atoms with Crippen LogP contribution < -0.4 is 5.32 Å². The molecule has 1 saturated carbocycles. The standard InChI is InChI=1S/C14H20N6O2/c1-3-20-5-4-11(18-20)14(22)15-10-6-9(7-10)13-17-16-12(8-21)19(13)2/h4-5,9-10,21H,3,6-8H2,1-2H3,(H,15,22). The lowest BCUT2D eigenvalue weighted by atomic mass is 9.79. The van der Waals surface area contributed by atoms with Gasteiger partial charge in [-0.2, -0.15) is 5.10 Å². The molecule has 1 aliphatic carbocycles. The van der Waals surface area contributed by atoms with Crippen molar-refractivity contribution in [3.8, 4) is 0 Å². The Hall–Kier alpha value is -2.22. The Morgan fingerprint density at radius 3 is 2.82 bits per heavy atom. The predicted molar refractivity (Wildman–Crippen MR) is 78.1 cm³/mol. The highest BCUT2D eigenvalue weighted by molar-refractivity contribution is 5.92. The van der Waals surface area contributed by atoms with Gasteiger partial charge in [-0.3, -0.25) is 9.48 Å². The van der Waals surface area contributed by atoms with Gasteiger partial charge in [0.25, 0.3) is 5.91 Å². The molecule has 1 amide bonds. The van der Waals surface area contributed by atoms with E-state index in [0.717, 1.165) is 25.2 Å². The minimum atomic E-state index is -0.135. The molecule has 2 N–H and O–H groups in total. The second kappa shape index (κ2) is 5.88. The van der Waals surface area contributed by atoms with Gasteiger partial charge in [-0.05, 0) is 25.8 Å². The average molecular weight is 304 g/mol. The van der Waals surface area contributed by atoms with Gasteiger partial charge in [0.15, 0.2) is 5.82 Å². The van der Waals surface area contributed by atoms with Gasteiger partial charge < -0.3 is 15.0 Å². The SMILES string of the molecule is CCn1ccc(C(=O)NC2CC(c3nnc(CO)n3C)C2)n1. The van der Waals surface area contributed by atoms with Crippen molar-refractivity contribution in [1.82, 2.24) is 29.9 Å². The van der Waals surface area contributed by atoms with Gasteiger partial charge >= 0.3 is 0 Å². The summed E-state index contributed by atoms with van der Waals surface area (Å²) in [6, 6.07) is 1.86. The van der Waals surface area contributed by atoms with E-state index in [-0.39, 0.29) is 24.5 Å². The Morgan fingerprint density at radius 1 is 1.45 bits per heavy atom. The second-order valence-corrected chi connectivity index (χ2v) is 5.59. The number of aliphatic hydroxyl groups is 1. The maximum atomic E-state index is 12.1. The quantitative estimate of drug-likeness (QED) is 0.822. The fourth-order valence-electron chi connectivity index (χ4n) is 2.73. The Balaban J connectivity index is 1.55. The molecule has 3 rings (SSSR count). The molecule has 0 bridgehead atoms. The first-order valence-electron chi connectivity index (χ1n) is 7.45. The smallest absolute Gasteiger partial charge is 0.271 e. The highest BCUT2D eigenvalue weighted by atomic mass is 16.3. The number of carbonyl (C=O) groups excluding carboxylic acids is 1. The van der Waals surface area contributed by atoms with E-state index >= 15 is 0 Å². The Bertz CT molecular complexity index is 671. The van der Waals surface area contributed by atoms with E-state index in [2.05, 4.69) is 20.6 Å². The molecule has 8 nitrogen and oxygen atoms in total. The van der Waals surface area contributed by atoms with Crippen molar-refractivity contribution in [2.45, 2.75) is 44.9 Å². The van der Waals surface area contributed by atoms with Crippen LogP contribution in [0.3, 0.4) is 0 Å². The number of aliphatic hydroxyl groups excluding tert-OH is 1. The van der Waals surface area contributed by atoms with Crippen molar-refractivity contribution in [3.05, 3.63) is 29.6 Å². The minimum Gasteiger partial charge on any atom is -0.388 e. The normalized spacial score (nSPS) is 20.7. The third-order valence-corrected chi connectivity index (χ3v) is 4.18. The van der Waals surface area contributed by atoms with Crippen LogP contribution >= 0.6 is 0 Å². The summed E-state index contributed by atoms with van der Waals surface area (Å²) in [5.74, 6) is 1.57. The van der Waals surface area contributed by atoms with Gasteiger partial charge in [0.1, 0.15) is 18.1 Å². The van der Waals surface area contributed by atoms with Gasteiger partial charge in [0, 0.05) is 31.7 Å². The summed E-state index contributed by atoms with van der Waals surface area (Å²) in [5, 5.41) is 24.4. The zero-order chi connectivity index (χ0) is 15.7. The molecule has 22 heavy (non-hydrogen) atoms. The Labute approximate surface area is 128 Å². The predicted octanol–water partition coefficient (Wildman–Crippen LogP) is 0.200. The summed E-state index contributed by atoms with van der Waals surface area (Å²) in [6.07, 6.45) is 3.46. The lowest BCUT2D eigenvalue weighted by molar-refractivity contribution is 0.0901. The first-order chi connectivity index (χ1) is 10.6. The van der Waals surface area contributed by atoms with Gasteiger partial charge in [-0.1, -0.05) is 0 Å². The van der Waals surface area contributed by atoms with Crippen molar-refractivity contribution in [1.29, 1.82) is 0 Å². The molecule has 8 heteroatoms. The molecule has 0 atom stereocenters. The number of carbonyl (C=O) groups is 1. The number of hydrogen-bond donors (Lipinski definition) is 2. The molecule has 2 aromatic rings. The molecule has 118 valence electrons. The summed E-state index contributed by atoms with van der Waals surface area (Å²) in [6.45, 7) is 2.61. The molecule has 0 aromatic carbocycles. The lowest BCUT2D eigenvalue weighted by Crippen LogP contribution is -2.44. The van der Waals surface area contributed by atoms with Crippen molar-refractivity contribution >= 4 is 5.91 Å². The number of amides is 1. The maximum Gasteiger partial charge on any atom is 0.271 e. The summed E-state index contributed by atoms with van der Waals surface area (Å²) in [4.78, 5) is 12.1. The van der Waals surface area contributed by atoms with E-state index < -0.39 is 0 Å². The number of aryl methyl sites for hydroxylation is 1. The van der Waals surface area contributed by atoms with E-state index in [4.69, 9.17) is 5.11 Å². The van der Waals surface area contributed by atoms with Crippen LogP contribution in [0.15, 0.2) is 12.3 Å². The highest BCUT2D eigenvalue weighted by Gasteiger charge is 2.35. The molecular formula is C14H20N6O2. The zero-order valence-corrected chi connectivity index (χ0v) is 12.7. The van der Waals surface area contributed by atoms with Crippen LogP contribution in [-0.4, -0.2) is 41.6 Å². The van der Waals surface area contributed by atoms with Crippen LogP contribution in [0.5, 0.6) is 0 Å². The molecule has 0 aliphatic heterocycles. The summed E-state index contributed by atoms with van der Waals surface area (Å²) < 4.78 is 3.56. The Morgan fingerprint density at radius 2 is 2.23 bits per heavy atom. The molecule has 0 spiro atoms. The molecule has 2 heterocycles. The van der Waals surface area contributed by atoms with Crippen molar-refractivity contribution in [3.63, 3.8) is 0 Å². The van der Waals surface area contributed by atoms with Crippen LogP contribution in [0.2, 0.25) is 0 Å². The van der Waals surface area contributed by atoms with Crippen LogP contribution in [0.25, 0.3) is 0 Å². The molecule has 2 aromatic heterocycles. The van der Waals surface area contributed by atoms with E-state index in [1.807, 2.05) is 18.5 Å². The summed E-state index contributed by atoms with van der Waals surface area (Å²) >= 11 is 0. The number of hydrogen-bond acceptors (Lipinski definition) is 5. The third-order valence-electron chi connectivity index (χ3n) is 4.18. The van der Waals surface area contributed by atoms with E-state index in [0.29, 0.717) is 11.5 Å². The highest BCUT2D eigenvalue weighted by Crippen LogP contribution is 2.35. The second-order valence-electron chi connectivity index (χ2n) is 5.59. The number of rotatable bonds is 5. The van der Waals surface area contributed by atoms with Crippen molar-refractivity contribution in [2.24, 2.45) is 7.05 Å². The van der Waals surface area contributed by atoms with E-state index in [9.17, 15) is 4.79 Å². The summed E-state index contributed by atoms with van der Waals surface area (Å²) in [5.41, 5.74) is 0.450. The number of nitrogens with one attached hydrogen (secondary N) is 1. The largest absolute Gasteiger partial charge is 0.388 e. The average Bonchev–Trinajstić information content (AvgIpc) is 3.09. The van der Waals surface area contributed by atoms with Crippen molar-refractivity contribution < 1.29 is 9.90 Å². The zero-order valence-electron chi connectivity index (χ0n) is 12.7. The van der Waals surface area contributed by atoms with Gasteiger partial charge in [0.2, 0.25) is 0 Å². The van der Waals surface area contributed by atoms with Gasteiger partial charge in [-0.25, -0.2) is 0 Å². The van der Waals surface area contributed by atoms with E-state index in [1.165, 1.54) is 0 Å². The topological polar surface area (TPSA) is 97.9 Å². The molecule has 1 fully saturated rings. The first-order valence-corrected chi connectivity index (χ1v) is 7.45. The minimum absolute atomic E-state index is 0.115. The molecule has 1 aliphatic rings. The van der Waals surface area contributed by atoms with Crippen LogP contribution in [0.1, 0.15) is 47.8 Å². The Kier molecular flexibility index (Phi) is 3.93. The van der Waals surface area contributed by atoms with Crippen LogP contribution in [0.4, 0.5) is 0 Å². The third kappa shape index (κ3) is 2.61. The van der Waals surface area contributed by atoms with Gasteiger partial charge in [0.05, 0.1) is 0 Å². The molecule has 0 saturated heterocycles. The van der Waals surface area contributed by atoms with E-state index in [1.54, 1.807) is 16.9 Å². The van der Waals surface area contributed by atoms with Gasteiger partial charge in [-0.15, -0.1) is 10.2 Å². The fraction of sp³-hybridized carbons (Fsp3) is 0.571. The monoisotopic (exact) mass is 304 g/mol. The lowest BCUT2D eigenvalue weighted by Gasteiger charge is -2.34. The molecule has 0 unspecified atom stereocenters. The first kappa shape index (κ1) is 14.7.